The molecule has 2 heteroatoms. The summed E-state index contributed by atoms with van der Waals surface area (Å²) in [5.41, 5.74) is 5.20. The third-order valence-electron chi connectivity index (χ3n) is 3.58. The molecule has 2 heterocycles. The lowest BCUT2D eigenvalue weighted by Gasteiger charge is -2.12. The standard InChI is InChI=1S/C14H17NO/c1-9-7-15-4-3-11-5-14-13(6-12(9)11)10(2)8-16-14/h5-6,8-9,15H,3-4,7H2,1-2H3. The molecule has 1 unspecified atom stereocenters. The Labute approximate surface area is 95.6 Å². The average Bonchev–Trinajstić information content (AvgIpc) is 2.53. The molecule has 1 aliphatic heterocycles. The summed E-state index contributed by atoms with van der Waals surface area (Å²) in [6.45, 7) is 6.55. The lowest BCUT2D eigenvalue weighted by Crippen LogP contribution is -2.18. The molecule has 84 valence electrons. The minimum absolute atomic E-state index is 0.594. The van der Waals surface area contributed by atoms with E-state index in [9.17, 15) is 0 Å². The Bertz CT molecular complexity index is 527. The molecule has 0 amide bonds. The van der Waals surface area contributed by atoms with Gasteiger partial charge in [0.05, 0.1) is 6.26 Å². The lowest BCUT2D eigenvalue weighted by molar-refractivity contribution is 0.612. The topological polar surface area (TPSA) is 25.2 Å². The van der Waals surface area contributed by atoms with Gasteiger partial charge < -0.3 is 9.73 Å². The molecule has 2 aromatic rings. The van der Waals surface area contributed by atoms with E-state index in [0.717, 1.165) is 25.1 Å². The van der Waals surface area contributed by atoms with Gasteiger partial charge in [0, 0.05) is 11.9 Å². The molecule has 0 radical (unpaired) electrons. The highest BCUT2D eigenvalue weighted by Gasteiger charge is 2.16. The Hall–Kier alpha value is -1.28. The number of hydrogen-bond acceptors (Lipinski definition) is 2. The maximum Gasteiger partial charge on any atom is 0.134 e. The van der Waals surface area contributed by atoms with Gasteiger partial charge in [-0.15, -0.1) is 0 Å². The molecule has 0 saturated heterocycles. The summed E-state index contributed by atoms with van der Waals surface area (Å²) >= 11 is 0. The zero-order chi connectivity index (χ0) is 11.1. The van der Waals surface area contributed by atoms with Crippen LogP contribution in [0.25, 0.3) is 11.0 Å². The predicted octanol–water partition coefficient (Wildman–Crippen LogP) is 2.99. The fraction of sp³-hybridized carbons (Fsp3) is 0.429. The molecule has 0 aliphatic carbocycles. The van der Waals surface area contributed by atoms with Gasteiger partial charge >= 0.3 is 0 Å². The molecular weight excluding hydrogens is 198 g/mol. The largest absolute Gasteiger partial charge is 0.464 e. The normalized spacial score (nSPS) is 20.8. The third kappa shape index (κ3) is 1.45. The summed E-state index contributed by atoms with van der Waals surface area (Å²) < 4.78 is 5.57. The second-order valence-electron chi connectivity index (χ2n) is 4.82. The van der Waals surface area contributed by atoms with E-state index in [1.54, 1.807) is 0 Å². The van der Waals surface area contributed by atoms with Gasteiger partial charge in [0.15, 0.2) is 0 Å². The zero-order valence-corrected chi connectivity index (χ0v) is 9.84. The van der Waals surface area contributed by atoms with Crippen LogP contribution < -0.4 is 5.32 Å². The molecule has 1 N–H and O–H groups in total. The number of aryl methyl sites for hydroxylation is 1. The van der Waals surface area contributed by atoms with Crippen LogP contribution in [-0.2, 0) is 6.42 Å². The number of benzene rings is 1. The quantitative estimate of drug-likeness (QED) is 0.731. The number of hydrogen-bond donors (Lipinski definition) is 1. The second kappa shape index (κ2) is 3.63. The van der Waals surface area contributed by atoms with E-state index in [-0.39, 0.29) is 0 Å². The SMILES string of the molecule is Cc1coc2cc3c(cc12)C(C)CNCC3. The summed E-state index contributed by atoms with van der Waals surface area (Å²) in [6, 6.07) is 4.54. The van der Waals surface area contributed by atoms with E-state index in [1.807, 2.05) is 6.26 Å². The van der Waals surface area contributed by atoms with E-state index >= 15 is 0 Å². The Morgan fingerprint density at radius 1 is 1.38 bits per heavy atom. The fourth-order valence-corrected chi connectivity index (χ4v) is 2.59. The van der Waals surface area contributed by atoms with Crippen molar-refractivity contribution in [2.24, 2.45) is 0 Å². The maximum absolute atomic E-state index is 5.57. The monoisotopic (exact) mass is 215 g/mol. The number of fused-ring (bicyclic) bond motifs is 2. The molecule has 3 rings (SSSR count). The van der Waals surface area contributed by atoms with E-state index in [4.69, 9.17) is 4.42 Å². The molecule has 2 nitrogen and oxygen atoms in total. The van der Waals surface area contributed by atoms with Crippen LogP contribution in [0.5, 0.6) is 0 Å². The van der Waals surface area contributed by atoms with Gasteiger partial charge in [0.25, 0.3) is 0 Å². The molecule has 0 spiro atoms. The van der Waals surface area contributed by atoms with E-state index in [1.165, 1.54) is 22.1 Å². The summed E-state index contributed by atoms with van der Waals surface area (Å²) in [4.78, 5) is 0. The number of rotatable bonds is 0. The van der Waals surface area contributed by atoms with Crippen molar-refractivity contribution in [3.8, 4) is 0 Å². The maximum atomic E-state index is 5.57. The van der Waals surface area contributed by atoms with Gasteiger partial charge in [0.1, 0.15) is 5.58 Å². The van der Waals surface area contributed by atoms with Gasteiger partial charge in [-0.2, -0.15) is 0 Å². The Morgan fingerprint density at radius 3 is 3.12 bits per heavy atom. The van der Waals surface area contributed by atoms with Gasteiger partial charge in [-0.25, -0.2) is 0 Å². The van der Waals surface area contributed by atoms with E-state index in [2.05, 4.69) is 31.3 Å². The highest BCUT2D eigenvalue weighted by Crippen LogP contribution is 2.30. The molecule has 0 fully saturated rings. The first-order valence-electron chi connectivity index (χ1n) is 5.97. The fourth-order valence-electron chi connectivity index (χ4n) is 2.59. The average molecular weight is 215 g/mol. The Morgan fingerprint density at radius 2 is 2.25 bits per heavy atom. The molecule has 1 aromatic carbocycles. The van der Waals surface area contributed by atoms with Crippen LogP contribution in [0.2, 0.25) is 0 Å². The lowest BCUT2D eigenvalue weighted by atomic mass is 9.93. The van der Waals surface area contributed by atoms with Gasteiger partial charge in [-0.1, -0.05) is 6.92 Å². The van der Waals surface area contributed by atoms with E-state index < -0.39 is 0 Å². The summed E-state index contributed by atoms with van der Waals surface area (Å²) in [6.07, 6.45) is 2.96. The zero-order valence-electron chi connectivity index (χ0n) is 9.84. The van der Waals surface area contributed by atoms with E-state index in [0.29, 0.717) is 5.92 Å². The summed E-state index contributed by atoms with van der Waals surface area (Å²) in [5.74, 6) is 0.594. The molecule has 0 bridgehead atoms. The minimum atomic E-state index is 0.594. The van der Waals surface area contributed by atoms with Crippen molar-refractivity contribution >= 4 is 11.0 Å². The van der Waals surface area contributed by atoms with Crippen LogP contribution in [-0.4, -0.2) is 13.1 Å². The molecule has 1 aliphatic rings. The molecule has 16 heavy (non-hydrogen) atoms. The molecule has 1 aromatic heterocycles. The highest BCUT2D eigenvalue weighted by molar-refractivity contribution is 5.82. The van der Waals surface area contributed by atoms with Crippen molar-refractivity contribution in [3.05, 3.63) is 35.1 Å². The first-order valence-corrected chi connectivity index (χ1v) is 5.97. The van der Waals surface area contributed by atoms with Gasteiger partial charge in [-0.3, -0.25) is 0 Å². The van der Waals surface area contributed by atoms with Gasteiger partial charge in [0.2, 0.25) is 0 Å². The first kappa shape index (κ1) is 9.91. The van der Waals surface area contributed by atoms with Crippen molar-refractivity contribution in [2.75, 3.05) is 13.1 Å². The van der Waals surface area contributed by atoms with Crippen molar-refractivity contribution < 1.29 is 4.42 Å². The Balaban J connectivity index is 2.24. The molecule has 1 atom stereocenters. The van der Waals surface area contributed by atoms with Crippen molar-refractivity contribution in [3.63, 3.8) is 0 Å². The van der Waals surface area contributed by atoms with Crippen LogP contribution in [0, 0.1) is 6.92 Å². The summed E-state index contributed by atoms with van der Waals surface area (Å²) in [7, 11) is 0. The van der Waals surface area contributed by atoms with Crippen LogP contribution in [0.3, 0.4) is 0 Å². The van der Waals surface area contributed by atoms with Crippen LogP contribution in [0.1, 0.15) is 29.5 Å². The molecule has 0 saturated carbocycles. The van der Waals surface area contributed by atoms with Crippen molar-refractivity contribution in [1.82, 2.24) is 5.32 Å². The number of nitrogens with one attached hydrogen (secondary N) is 1. The van der Waals surface area contributed by atoms with Crippen molar-refractivity contribution in [1.29, 1.82) is 0 Å². The van der Waals surface area contributed by atoms with Crippen LogP contribution >= 0.6 is 0 Å². The summed E-state index contributed by atoms with van der Waals surface area (Å²) in [5, 5.41) is 4.75. The Kier molecular flexibility index (Phi) is 2.25. The molecular formula is C14H17NO. The highest BCUT2D eigenvalue weighted by atomic mass is 16.3. The van der Waals surface area contributed by atoms with Crippen LogP contribution in [0.4, 0.5) is 0 Å². The van der Waals surface area contributed by atoms with Crippen LogP contribution in [0.15, 0.2) is 22.8 Å². The first-order chi connectivity index (χ1) is 7.75. The van der Waals surface area contributed by atoms with Crippen molar-refractivity contribution in [2.45, 2.75) is 26.2 Å². The predicted molar refractivity (Wildman–Crippen MR) is 65.9 cm³/mol. The second-order valence-corrected chi connectivity index (χ2v) is 4.82. The minimum Gasteiger partial charge on any atom is -0.464 e. The number of furan rings is 1. The van der Waals surface area contributed by atoms with Gasteiger partial charge in [-0.05, 0) is 54.6 Å². The smallest absolute Gasteiger partial charge is 0.134 e. The third-order valence-corrected chi connectivity index (χ3v) is 3.58.